The normalized spacial score (nSPS) is 19.6. The van der Waals surface area contributed by atoms with Gasteiger partial charge in [0.1, 0.15) is 12.3 Å². The van der Waals surface area contributed by atoms with E-state index in [4.69, 9.17) is 16.0 Å². The molecule has 2 aromatic carbocycles. The predicted octanol–water partition coefficient (Wildman–Crippen LogP) is 4.80. The minimum atomic E-state index is -4.89. The van der Waals surface area contributed by atoms with Gasteiger partial charge in [-0.3, -0.25) is 4.79 Å². The highest BCUT2D eigenvalue weighted by molar-refractivity contribution is 6.30. The Kier molecular flexibility index (Phi) is 5.75. The van der Waals surface area contributed by atoms with Gasteiger partial charge in [0.15, 0.2) is 5.58 Å². The summed E-state index contributed by atoms with van der Waals surface area (Å²) in [7, 11) is 0. The number of hydrogen-bond donors (Lipinski definition) is 2. The molecule has 0 amide bonds. The van der Waals surface area contributed by atoms with E-state index in [0.717, 1.165) is 30.7 Å². The van der Waals surface area contributed by atoms with E-state index in [1.54, 1.807) is 0 Å². The molecule has 31 heavy (non-hydrogen) atoms. The van der Waals surface area contributed by atoms with Crippen molar-refractivity contribution in [2.75, 3.05) is 6.54 Å². The van der Waals surface area contributed by atoms with Crippen LogP contribution in [-0.2, 0) is 12.7 Å². The fraction of sp³-hybridized carbons (Fsp3) is 0.348. The Labute approximate surface area is 181 Å². The molecule has 1 aliphatic heterocycles. The molecule has 0 spiro atoms. The summed E-state index contributed by atoms with van der Waals surface area (Å²) in [6.45, 7) is 3.20. The molecule has 4 nitrogen and oxygen atoms in total. The lowest BCUT2D eigenvalue weighted by Gasteiger charge is -2.30. The largest absolute Gasteiger partial charge is 0.507 e. The molecule has 0 radical (unpaired) electrons. The number of halogens is 4. The lowest BCUT2D eigenvalue weighted by Crippen LogP contribution is -3.14. The number of fused-ring (bicyclic) bond motifs is 1. The smallest absolute Gasteiger partial charge is 0.450 e. The summed E-state index contributed by atoms with van der Waals surface area (Å²) in [6, 6.07) is 8.52. The molecule has 4 rings (SSSR count). The second kappa shape index (κ2) is 8.20. The monoisotopic (exact) mass is 452 g/mol. The molecule has 3 aromatic rings. The summed E-state index contributed by atoms with van der Waals surface area (Å²) in [5.74, 6) is -1.55. The first-order valence-electron chi connectivity index (χ1n) is 10.2. The van der Waals surface area contributed by atoms with Gasteiger partial charge < -0.3 is 14.4 Å². The molecule has 2 heterocycles. The number of phenolic OH excluding ortho intramolecular Hbond substituents is 1. The van der Waals surface area contributed by atoms with E-state index in [0.29, 0.717) is 11.1 Å². The van der Waals surface area contributed by atoms with Crippen molar-refractivity contribution in [2.45, 2.75) is 44.9 Å². The lowest BCUT2D eigenvalue weighted by atomic mass is 9.99. The molecule has 0 bridgehead atoms. The molecule has 8 heteroatoms. The first kappa shape index (κ1) is 21.7. The number of alkyl halides is 3. The number of phenols is 1. The van der Waals surface area contributed by atoms with Crippen LogP contribution in [0.15, 0.2) is 45.6 Å². The van der Waals surface area contributed by atoms with Crippen LogP contribution in [-0.4, -0.2) is 17.7 Å². The molecule has 1 aromatic heterocycles. The van der Waals surface area contributed by atoms with Crippen molar-refractivity contribution in [3.8, 4) is 16.9 Å². The molecule has 0 saturated carbocycles. The van der Waals surface area contributed by atoms with E-state index < -0.39 is 22.9 Å². The van der Waals surface area contributed by atoms with Crippen molar-refractivity contribution in [3.05, 3.63) is 63.0 Å². The first-order valence-corrected chi connectivity index (χ1v) is 10.5. The van der Waals surface area contributed by atoms with E-state index in [1.807, 2.05) is 0 Å². The van der Waals surface area contributed by atoms with Crippen molar-refractivity contribution in [1.29, 1.82) is 0 Å². The average molecular weight is 453 g/mol. The minimum absolute atomic E-state index is 0.00909. The molecule has 0 aliphatic carbocycles. The number of rotatable bonds is 3. The van der Waals surface area contributed by atoms with Crippen LogP contribution >= 0.6 is 11.6 Å². The Morgan fingerprint density at radius 2 is 1.87 bits per heavy atom. The topological polar surface area (TPSA) is 54.9 Å². The van der Waals surface area contributed by atoms with Crippen LogP contribution in [0.4, 0.5) is 13.2 Å². The van der Waals surface area contributed by atoms with E-state index in [1.165, 1.54) is 36.4 Å². The van der Waals surface area contributed by atoms with E-state index in [9.17, 15) is 23.1 Å². The maximum absolute atomic E-state index is 13.9. The van der Waals surface area contributed by atoms with Gasteiger partial charge in [0.05, 0.1) is 29.1 Å². The third kappa shape index (κ3) is 4.16. The van der Waals surface area contributed by atoms with Crippen LogP contribution < -0.4 is 10.3 Å². The molecule has 2 N–H and O–H groups in total. The summed E-state index contributed by atoms with van der Waals surface area (Å²) in [5, 5.41) is 10.8. The van der Waals surface area contributed by atoms with Gasteiger partial charge in [0, 0.05) is 5.02 Å². The lowest BCUT2D eigenvalue weighted by molar-refractivity contribution is -0.941. The molecular formula is C23H22ClF3NO3+. The first-order chi connectivity index (χ1) is 14.7. The van der Waals surface area contributed by atoms with Gasteiger partial charge in [0.2, 0.25) is 11.2 Å². The Morgan fingerprint density at radius 1 is 1.16 bits per heavy atom. The Morgan fingerprint density at radius 3 is 2.52 bits per heavy atom. The molecule has 2 atom stereocenters. The van der Waals surface area contributed by atoms with Gasteiger partial charge in [-0.05, 0) is 56.0 Å². The highest BCUT2D eigenvalue weighted by atomic mass is 35.5. The fourth-order valence-corrected chi connectivity index (χ4v) is 4.42. The quantitative estimate of drug-likeness (QED) is 0.600. The maximum atomic E-state index is 13.9. The number of benzene rings is 2. The number of likely N-dealkylation sites (tertiary alicyclic amines) is 1. The van der Waals surface area contributed by atoms with E-state index in [2.05, 4.69) is 6.92 Å². The van der Waals surface area contributed by atoms with Crippen LogP contribution in [0.25, 0.3) is 22.1 Å². The van der Waals surface area contributed by atoms with Crippen molar-refractivity contribution in [2.24, 2.45) is 0 Å². The molecular weight excluding hydrogens is 431 g/mol. The second-order valence-electron chi connectivity index (χ2n) is 8.06. The second-order valence-corrected chi connectivity index (χ2v) is 8.50. The van der Waals surface area contributed by atoms with Crippen molar-refractivity contribution >= 4 is 22.6 Å². The zero-order valence-corrected chi connectivity index (χ0v) is 17.6. The SMILES string of the molecule is CC1CCCC[NH+]1Cc1c(O)ccc2c(=O)c(-c3ccc(Cl)cc3)c(C(F)(F)F)oc12. The summed E-state index contributed by atoms with van der Waals surface area (Å²) in [4.78, 5) is 14.4. The number of hydrogen-bond acceptors (Lipinski definition) is 3. The highest BCUT2D eigenvalue weighted by Gasteiger charge is 2.40. The van der Waals surface area contributed by atoms with Crippen LogP contribution in [0.1, 0.15) is 37.5 Å². The van der Waals surface area contributed by atoms with Crippen LogP contribution in [0, 0.1) is 0 Å². The minimum Gasteiger partial charge on any atom is -0.507 e. The Bertz CT molecular complexity index is 1170. The van der Waals surface area contributed by atoms with Crippen LogP contribution in [0.2, 0.25) is 5.02 Å². The summed E-state index contributed by atoms with van der Waals surface area (Å²) >= 11 is 5.85. The zero-order valence-electron chi connectivity index (χ0n) is 16.9. The highest BCUT2D eigenvalue weighted by Crippen LogP contribution is 2.39. The van der Waals surface area contributed by atoms with Gasteiger partial charge in [0.25, 0.3) is 0 Å². The standard InChI is InChI=1S/C23H21ClF3NO3/c1-13-4-2-3-11-28(13)12-17-18(29)10-9-16-20(30)19(14-5-7-15(24)8-6-14)22(23(25,26)27)31-21(16)17/h5-10,13,29H,2-4,11-12H2,1H3/p+1. The van der Waals surface area contributed by atoms with E-state index in [-0.39, 0.29) is 34.4 Å². The number of aromatic hydroxyl groups is 1. The third-order valence-electron chi connectivity index (χ3n) is 6.01. The Hall–Kier alpha value is -2.51. The summed E-state index contributed by atoms with van der Waals surface area (Å²) in [6.07, 6.45) is -1.79. The van der Waals surface area contributed by atoms with Crippen LogP contribution in [0.3, 0.4) is 0 Å². The number of piperidine rings is 1. The van der Waals surface area contributed by atoms with Gasteiger partial charge >= 0.3 is 6.18 Å². The molecule has 1 aliphatic rings. The molecule has 1 saturated heterocycles. The predicted molar refractivity (Wildman–Crippen MR) is 112 cm³/mol. The molecule has 164 valence electrons. The van der Waals surface area contributed by atoms with Crippen molar-refractivity contribution in [3.63, 3.8) is 0 Å². The summed E-state index contributed by atoms with van der Waals surface area (Å²) in [5.41, 5.74) is -1.27. The number of nitrogens with one attached hydrogen (secondary N) is 1. The average Bonchev–Trinajstić information content (AvgIpc) is 2.71. The molecule has 2 unspecified atom stereocenters. The van der Waals surface area contributed by atoms with Gasteiger partial charge in [-0.1, -0.05) is 23.7 Å². The third-order valence-corrected chi connectivity index (χ3v) is 6.27. The van der Waals surface area contributed by atoms with Gasteiger partial charge in [-0.2, -0.15) is 13.2 Å². The molecule has 1 fully saturated rings. The van der Waals surface area contributed by atoms with Crippen molar-refractivity contribution < 1.29 is 27.6 Å². The maximum Gasteiger partial charge on any atom is 0.450 e. The number of quaternary nitrogens is 1. The zero-order chi connectivity index (χ0) is 22.3. The van der Waals surface area contributed by atoms with E-state index >= 15 is 0 Å². The summed E-state index contributed by atoms with van der Waals surface area (Å²) < 4.78 is 47.2. The van der Waals surface area contributed by atoms with Gasteiger partial charge in [-0.25, -0.2) is 0 Å². The van der Waals surface area contributed by atoms with Crippen molar-refractivity contribution in [1.82, 2.24) is 0 Å². The Balaban J connectivity index is 1.96. The van der Waals surface area contributed by atoms with Crippen LogP contribution in [0.5, 0.6) is 5.75 Å². The fourth-order valence-electron chi connectivity index (χ4n) is 4.30. The van der Waals surface area contributed by atoms with Gasteiger partial charge in [-0.15, -0.1) is 0 Å².